The van der Waals surface area contributed by atoms with Crippen LogP contribution in [0, 0.1) is 0 Å². The van der Waals surface area contributed by atoms with Crippen LogP contribution in [0.2, 0.25) is 0 Å². The van der Waals surface area contributed by atoms with Gasteiger partial charge in [-0.05, 0) is 36.8 Å². The summed E-state index contributed by atoms with van der Waals surface area (Å²) < 4.78 is 6.34. The third kappa shape index (κ3) is 4.59. The maximum Gasteiger partial charge on any atom is 0.261 e. The summed E-state index contributed by atoms with van der Waals surface area (Å²) in [4.78, 5) is 39.9. The SMILES string of the molecule is CN(CCOc1ccccc1)C(=O)CCCN1C(=O)c2ccc(Br)cc2C1=O. The normalized spacial score (nSPS) is 12.9. The van der Waals surface area contributed by atoms with Crippen LogP contribution in [-0.4, -0.2) is 54.3 Å². The fourth-order valence-corrected chi connectivity index (χ4v) is 3.35. The van der Waals surface area contributed by atoms with E-state index in [0.29, 0.717) is 30.7 Å². The first-order valence-corrected chi connectivity index (χ1v) is 9.84. The summed E-state index contributed by atoms with van der Waals surface area (Å²) in [5.74, 6) is 0.111. The first-order valence-electron chi connectivity index (χ1n) is 9.05. The lowest BCUT2D eigenvalue weighted by atomic mass is 10.1. The van der Waals surface area contributed by atoms with Crippen LogP contribution in [-0.2, 0) is 4.79 Å². The van der Waals surface area contributed by atoms with Gasteiger partial charge in [-0.1, -0.05) is 34.1 Å². The molecule has 1 aliphatic heterocycles. The summed E-state index contributed by atoms with van der Waals surface area (Å²) in [6.45, 7) is 1.10. The van der Waals surface area contributed by atoms with Gasteiger partial charge in [0.2, 0.25) is 5.91 Å². The largest absolute Gasteiger partial charge is 0.492 e. The van der Waals surface area contributed by atoms with E-state index >= 15 is 0 Å². The van der Waals surface area contributed by atoms with Gasteiger partial charge in [0.05, 0.1) is 17.7 Å². The summed E-state index contributed by atoms with van der Waals surface area (Å²) in [7, 11) is 1.72. The number of amides is 3. The number of halogens is 1. The molecule has 3 amide bonds. The van der Waals surface area contributed by atoms with Gasteiger partial charge >= 0.3 is 0 Å². The van der Waals surface area contributed by atoms with Crippen LogP contribution in [0.4, 0.5) is 0 Å². The zero-order valence-corrected chi connectivity index (χ0v) is 17.1. The zero-order chi connectivity index (χ0) is 20.1. The molecule has 0 spiro atoms. The van der Waals surface area contributed by atoms with Crippen molar-refractivity contribution in [3.63, 3.8) is 0 Å². The molecule has 0 bridgehead atoms. The second-order valence-electron chi connectivity index (χ2n) is 6.53. The van der Waals surface area contributed by atoms with E-state index in [4.69, 9.17) is 4.74 Å². The van der Waals surface area contributed by atoms with Gasteiger partial charge in [0.25, 0.3) is 11.8 Å². The Morgan fingerprint density at radius 1 is 1.07 bits per heavy atom. The van der Waals surface area contributed by atoms with Gasteiger partial charge in [0.15, 0.2) is 0 Å². The summed E-state index contributed by atoms with van der Waals surface area (Å²) >= 11 is 3.31. The molecule has 7 heteroatoms. The van der Waals surface area contributed by atoms with Crippen molar-refractivity contribution in [3.8, 4) is 5.75 Å². The molecule has 0 aromatic heterocycles. The number of hydrogen-bond donors (Lipinski definition) is 0. The molecule has 0 saturated carbocycles. The van der Waals surface area contributed by atoms with Crippen LogP contribution < -0.4 is 4.74 Å². The number of para-hydroxylation sites is 1. The topological polar surface area (TPSA) is 66.9 Å². The highest BCUT2D eigenvalue weighted by Crippen LogP contribution is 2.26. The molecular formula is C21H21BrN2O4. The number of imide groups is 1. The highest BCUT2D eigenvalue weighted by molar-refractivity contribution is 9.10. The Labute approximate surface area is 172 Å². The molecule has 3 rings (SSSR count). The van der Waals surface area contributed by atoms with Crippen LogP contribution in [0.25, 0.3) is 0 Å². The van der Waals surface area contributed by atoms with E-state index in [-0.39, 0.29) is 30.7 Å². The van der Waals surface area contributed by atoms with Gasteiger partial charge in [-0.2, -0.15) is 0 Å². The summed E-state index contributed by atoms with van der Waals surface area (Å²) in [5.41, 5.74) is 0.815. The molecule has 0 fully saturated rings. The minimum atomic E-state index is -0.307. The lowest BCUT2D eigenvalue weighted by molar-refractivity contribution is -0.130. The second kappa shape index (κ2) is 9.01. The fourth-order valence-electron chi connectivity index (χ4n) is 2.99. The Bertz CT molecular complexity index is 885. The van der Waals surface area contributed by atoms with Crippen LogP contribution in [0.1, 0.15) is 33.6 Å². The van der Waals surface area contributed by atoms with Crippen LogP contribution >= 0.6 is 15.9 Å². The van der Waals surface area contributed by atoms with Crippen LogP contribution in [0.3, 0.4) is 0 Å². The molecule has 0 unspecified atom stereocenters. The molecule has 1 heterocycles. The number of nitrogens with zero attached hydrogens (tertiary/aromatic N) is 2. The molecule has 0 N–H and O–H groups in total. The molecule has 6 nitrogen and oxygen atoms in total. The van der Waals surface area contributed by atoms with E-state index in [9.17, 15) is 14.4 Å². The lowest BCUT2D eigenvalue weighted by Crippen LogP contribution is -2.33. The molecule has 146 valence electrons. The van der Waals surface area contributed by atoms with Gasteiger partial charge in [0.1, 0.15) is 12.4 Å². The Morgan fingerprint density at radius 2 is 1.79 bits per heavy atom. The molecule has 2 aromatic rings. The molecule has 0 aliphatic carbocycles. The maximum atomic E-state index is 12.4. The van der Waals surface area contributed by atoms with Crippen molar-refractivity contribution in [2.24, 2.45) is 0 Å². The molecule has 2 aromatic carbocycles. The Kier molecular flexibility index (Phi) is 6.46. The monoisotopic (exact) mass is 444 g/mol. The number of rotatable bonds is 8. The molecule has 0 atom stereocenters. The third-order valence-corrected chi connectivity index (χ3v) is 5.06. The van der Waals surface area contributed by atoms with Gasteiger partial charge in [0, 0.05) is 24.5 Å². The van der Waals surface area contributed by atoms with E-state index in [2.05, 4.69) is 15.9 Å². The number of carbonyl (C=O) groups is 3. The second-order valence-corrected chi connectivity index (χ2v) is 7.45. The lowest BCUT2D eigenvalue weighted by Gasteiger charge is -2.18. The molecule has 28 heavy (non-hydrogen) atoms. The third-order valence-electron chi connectivity index (χ3n) is 4.57. The summed E-state index contributed by atoms with van der Waals surface area (Å²) in [6.07, 6.45) is 0.689. The average Bonchev–Trinajstić information content (AvgIpc) is 2.92. The number of fused-ring (bicyclic) bond motifs is 1. The van der Waals surface area contributed by atoms with Crippen LogP contribution in [0.5, 0.6) is 5.75 Å². The summed E-state index contributed by atoms with van der Waals surface area (Å²) in [5, 5.41) is 0. The van der Waals surface area contributed by atoms with Crippen molar-refractivity contribution in [1.82, 2.24) is 9.80 Å². The standard InChI is InChI=1S/C21H21BrN2O4/c1-23(12-13-28-16-6-3-2-4-7-16)19(25)8-5-11-24-20(26)17-10-9-15(22)14-18(17)21(24)27/h2-4,6-7,9-10,14H,5,8,11-13H2,1H3. The van der Waals surface area contributed by atoms with Crippen molar-refractivity contribution in [2.45, 2.75) is 12.8 Å². The molecular weight excluding hydrogens is 424 g/mol. The number of ether oxygens (including phenoxy) is 1. The highest BCUT2D eigenvalue weighted by atomic mass is 79.9. The quantitative estimate of drug-likeness (QED) is 0.585. The number of hydrogen-bond acceptors (Lipinski definition) is 4. The van der Waals surface area contributed by atoms with Gasteiger partial charge < -0.3 is 9.64 Å². The van der Waals surface area contributed by atoms with Gasteiger partial charge in [-0.15, -0.1) is 0 Å². The molecule has 0 radical (unpaired) electrons. The molecule has 0 saturated heterocycles. The van der Waals surface area contributed by atoms with Crippen molar-refractivity contribution < 1.29 is 19.1 Å². The van der Waals surface area contributed by atoms with Crippen LogP contribution in [0.15, 0.2) is 53.0 Å². The number of likely N-dealkylation sites (N-methyl/N-ethyl adjacent to an activating group) is 1. The number of carbonyl (C=O) groups excluding carboxylic acids is 3. The smallest absolute Gasteiger partial charge is 0.261 e. The molecule has 1 aliphatic rings. The Hall–Kier alpha value is -2.67. The average molecular weight is 445 g/mol. The fraction of sp³-hybridized carbons (Fsp3) is 0.286. The van der Waals surface area contributed by atoms with E-state index in [1.807, 2.05) is 30.3 Å². The Morgan fingerprint density at radius 3 is 2.54 bits per heavy atom. The zero-order valence-electron chi connectivity index (χ0n) is 15.6. The van der Waals surface area contributed by atoms with Crippen molar-refractivity contribution in [2.75, 3.05) is 26.7 Å². The maximum absolute atomic E-state index is 12.4. The van der Waals surface area contributed by atoms with Gasteiger partial charge in [-0.3, -0.25) is 19.3 Å². The van der Waals surface area contributed by atoms with Crippen molar-refractivity contribution >= 4 is 33.7 Å². The van der Waals surface area contributed by atoms with E-state index in [0.717, 1.165) is 10.2 Å². The minimum Gasteiger partial charge on any atom is -0.492 e. The first kappa shape index (κ1) is 20.1. The number of benzene rings is 2. The van der Waals surface area contributed by atoms with Crippen molar-refractivity contribution in [3.05, 3.63) is 64.1 Å². The van der Waals surface area contributed by atoms with E-state index in [1.165, 1.54) is 4.90 Å². The van der Waals surface area contributed by atoms with Crippen molar-refractivity contribution in [1.29, 1.82) is 0 Å². The van der Waals surface area contributed by atoms with E-state index in [1.54, 1.807) is 30.1 Å². The predicted molar refractivity (Wildman–Crippen MR) is 108 cm³/mol. The predicted octanol–water partition coefficient (Wildman–Crippen LogP) is 3.36. The van der Waals surface area contributed by atoms with E-state index < -0.39 is 0 Å². The minimum absolute atomic E-state index is 0.0454. The summed E-state index contributed by atoms with van der Waals surface area (Å²) in [6, 6.07) is 14.5. The highest BCUT2D eigenvalue weighted by Gasteiger charge is 2.35. The van der Waals surface area contributed by atoms with Gasteiger partial charge in [-0.25, -0.2) is 0 Å². The Balaban J connectivity index is 1.42. The first-order chi connectivity index (χ1) is 13.5.